The van der Waals surface area contributed by atoms with E-state index in [1.54, 1.807) is 0 Å². The predicted octanol–water partition coefficient (Wildman–Crippen LogP) is 3.65. The third kappa shape index (κ3) is 4.55. The first-order chi connectivity index (χ1) is 9.13. The molecule has 4 heteroatoms. The average molecular weight is 366 g/mol. The Balaban J connectivity index is 1.86. The monoisotopic (exact) mass is 366 g/mol. The van der Waals surface area contributed by atoms with E-state index in [0.717, 1.165) is 14.9 Å². The van der Waals surface area contributed by atoms with Crippen LogP contribution in [0.1, 0.15) is 5.56 Å². The Labute approximate surface area is 126 Å². The normalized spacial score (nSPS) is 10.0. The van der Waals surface area contributed by atoms with Crippen LogP contribution in [0.5, 0.6) is 0 Å². The maximum Gasteiger partial charge on any atom is 0.243 e. The third-order valence-corrected chi connectivity index (χ3v) is 3.28. The van der Waals surface area contributed by atoms with Crippen LogP contribution in [-0.4, -0.2) is 12.5 Å². The van der Waals surface area contributed by atoms with Gasteiger partial charge in [-0.25, -0.2) is 0 Å². The molecule has 3 nitrogen and oxygen atoms in total. The fourth-order valence-electron chi connectivity index (χ4n) is 1.62. The van der Waals surface area contributed by atoms with Crippen molar-refractivity contribution in [3.8, 4) is 0 Å². The van der Waals surface area contributed by atoms with E-state index in [4.69, 9.17) is 0 Å². The zero-order chi connectivity index (χ0) is 13.7. The summed E-state index contributed by atoms with van der Waals surface area (Å²) in [7, 11) is 0. The Morgan fingerprint density at radius 1 is 1.11 bits per heavy atom. The number of carbonyl (C=O) groups excluding carboxylic acids is 1. The van der Waals surface area contributed by atoms with Crippen molar-refractivity contribution < 1.29 is 4.79 Å². The van der Waals surface area contributed by atoms with E-state index in [1.807, 2.05) is 55.5 Å². The van der Waals surface area contributed by atoms with E-state index in [0.29, 0.717) is 0 Å². The first-order valence-corrected chi connectivity index (χ1v) is 7.07. The summed E-state index contributed by atoms with van der Waals surface area (Å²) in [5, 5.41) is 5.95. The largest absolute Gasteiger partial charge is 0.376 e. The number of benzene rings is 2. The molecule has 0 heterocycles. The molecule has 2 rings (SSSR count). The molecule has 0 atom stereocenters. The highest BCUT2D eigenvalue weighted by Gasteiger charge is 2.02. The summed E-state index contributed by atoms with van der Waals surface area (Å²) in [4.78, 5) is 11.8. The molecule has 2 aromatic rings. The minimum absolute atomic E-state index is 0.0530. The van der Waals surface area contributed by atoms with Gasteiger partial charge in [0.2, 0.25) is 5.91 Å². The lowest BCUT2D eigenvalue weighted by Gasteiger charge is -2.08. The number of rotatable bonds is 4. The molecule has 1 amide bonds. The number of carbonyl (C=O) groups is 1. The molecule has 0 radical (unpaired) electrons. The molecule has 2 N–H and O–H groups in total. The zero-order valence-electron chi connectivity index (χ0n) is 10.6. The van der Waals surface area contributed by atoms with Crippen LogP contribution >= 0.6 is 22.6 Å². The Hall–Kier alpha value is -1.56. The molecular formula is C15H15IN2O. The summed E-state index contributed by atoms with van der Waals surface area (Å²) in [5.74, 6) is -0.0530. The number of hydrogen-bond acceptors (Lipinski definition) is 2. The molecule has 0 aliphatic carbocycles. The Morgan fingerprint density at radius 3 is 2.53 bits per heavy atom. The molecule has 0 saturated heterocycles. The highest BCUT2D eigenvalue weighted by atomic mass is 127. The molecule has 0 bridgehead atoms. The van der Waals surface area contributed by atoms with Gasteiger partial charge in [0.1, 0.15) is 0 Å². The van der Waals surface area contributed by atoms with E-state index in [-0.39, 0.29) is 12.5 Å². The standard InChI is InChI=1S/C15H15IN2O/c1-11-5-7-13(8-6-11)18-15(19)10-17-14-4-2-3-12(16)9-14/h2-9,17H,10H2,1H3,(H,18,19). The van der Waals surface area contributed by atoms with Crippen molar-refractivity contribution >= 4 is 39.9 Å². The highest BCUT2D eigenvalue weighted by molar-refractivity contribution is 14.1. The van der Waals surface area contributed by atoms with Crippen molar-refractivity contribution in [1.82, 2.24) is 0 Å². The minimum Gasteiger partial charge on any atom is -0.376 e. The van der Waals surface area contributed by atoms with Crippen molar-refractivity contribution in [1.29, 1.82) is 0 Å². The van der Waals surface area contributed by atoms with Crippen molar-refractivity contribution in [2.75, 3.05) is 17.2 Å². The first-order valence-electron chi connectivity index (χ1n) is 5.99. The van der Waals surface area contributed by atoms with Crippen LogP contribution < -0.4 is 10.6 Å². The smallest absolute Gasteiger partial charge is 0.243 e. The molecule has 0 aliphatic rings. The molecule has 0 fully saturated rings. The number of hydrogen-bond donors (Lipinski definition) is 2. The second kappa shape index (κ2) is 6.56. The molecule has 19 heavy (non-hydrogen) atoms. The molecule has 0 unspecified atom stereocenters. The molecule has 2 aromatic carbocycles. The van der Waals surface area contributed by atoms with Crippen LogP contribution in [0.4, 0.5) is 11.4 Å². The van der Waals surface area contributed by atoms with Crippen LogP contribution in [0.15, 0.2) is 48.5 Å². The molecule has 0 saturated carbocycles. The van der Waals surface area contributed by atoms with Gasteiger partial charge in [0.25, 0.3) is 0 Å². The third-order valence-electron chi connectivity index (χ3n) is 2.61. The first kappa shape index (κ1) is 13.9. The van der Waals surface area contributed by atoms with Crippen LogP contribution in [0.2, 0.25) is 0 Å². The van der Waals surface area contributed by atoms with Crippen molar-refractivity contribution in [3.05, 3.63) is 57.7 Å². The second-order valence-electron chi connectivity index (χ2n) is 4.28. The van der Waals surface area contributed by atoms with Crippen molar-refractivity contribution in [2.24, 2.45) is 0 Å². The number of amides is 1. The predicted molar refractivity (Wildman–Crippen MR) is 87.5 cm³/mol. The lowest BCUT2D eigenvalue weighted by atomic mass is 10.2. The van der Waals surface area contributed by atoms with Gasteiger partial charge in [0.15, 0.2) is 0 Å². The molecule has 0 aliphatic heterocycles. The van der Waals surface area contributed by atoms with Gasteiger partial charge in [-0.1, -0.05) is 23.8 Å². The van der Waals surface area contributed by atoms with Gasteiger partial charge < -0.3 is 10.6 Å². The van der Waals surface area contributed by atoms with Crippen LogP contribution in [0.25, 0.3) is 0 Å². The fourth-order valence-corrected chi connectivity index (χ4v) is 2.17. The van der Waals surface area contributed by atoms with E-state index >= 15 is 0 Å². The number of halogens is 1. The van der Waals surface area contributed by atoms with Gasteiger partial charge in [-0.05, 0) is 59.8 Å². The molecule has 98 valence electrons. The van der Waals surface area contributed by atoms with Gasteiger partial charge in [0.05, 0.1) is 6.54 Å². The SMILES string of the molecule is Cc1ccc(NC(=O)CNc2cccc(I)c2)cc1. The summed E-state index contributed by atoms with van der Waals surface area (Å²) >= 11 is 2.24. The van der Waals surface area contributed by atoms with Gasteiger partial charge >= 0.3 is 0 Å². The van der Waals surface area contributed by atoms with E-state index in [2.05, 4.69) is 33.2 Å². The van der Waals surface area contributed by atoms with Gasteiger partial charge in [-0.3, -0.25) is 4.79 Å². The fraction of sp³-hybridized carbons (Fsp3) is 0.133. The average Bonchev–Trinajstić information content (AvgIpc) is 2.39. The van der Waals surface area contributed by atoms with Crippen LogP contribution in [0.3, 0.4) is 0 Å². The summed E-state index contributed by atoms with van der Waals surface area (Å²) < 4.78 is 1.14. The summed E-state index contributed by atoms with van der Waals surface area (Å²) in [5.41, 5.74) is 2.95. The van der Waals surface area contributed by atoms with E-state index in [1.165, 1.54) is 5.56 Å². The summed E-state index contributed by atoms with van der Waals surface area (Å²) in [6, 6.07) is 15.7. The Morgan fingerprint density at radius 2 is 1.84 bits per heavy atom. The topological polar surface area (TPSA) is 41.1 Å². The van der Waals surface area contributed by atoms with Gasteiger partial charge in [-0.15, -0.1) is 0 Å². The minimum atomic E-state index is -0.0530. The van der Waals surface area contributed by atoms with Gasteiger partial charge in [-0.2, -0.15) is 0 Å². The maximum absolute atomic E-state index is 11.8. The van der Waals surface area contributed by atoms with Gasteiger partial charge in [0, 0.05) is 14.9 Å². The maximum atomic E-state index is 11.8. The Bertz CT molecular complexity index is 567. The quantitative estimate of drug-likeness (QED) is 0.812. The van der Waals surface area contributed by atoms with Crippen LogP contribution in [0, 0.1) is 10.5 Å². The van der Waals surface area contributed by atoms with Crippen molar-refractivity contribution in [2.45, 2.75) is 6.92 Å². The summed E-state index contributed by atoms with van der Waals surface area (Å²) in [6.07, 6.45) is 0. The number of anilines is 2. The van der Waals surface area contributed by atoms with Crippen molar-refractivity contribution in [3.63, 3.8) is 0 Å². The Kier molecular flexibility index (Phi) is 4.79. The lowest BCUT2D eigenvalue weighted by molar-refractivity contribution is -0.114. The molecule has 0 spiro atoms. The number of aryl methyl sites for hydroxylation is 1. The molecule has 0 aromatic heterocycles. The lowest BCUT2D eigenvalue weighted by Crippen LogP contribution is -2.21. The zero-order valence-corrected chi connectivity index (χ0v) is 12.8. The van der Waals surface area contributed by atoms with Crippen LogP contribution in [-0.2, 0) is 4.79 Å². The highest BCUT2D eigenvalue weighted by Crippen LogP contribution is 2.12. The summed E-state index contributed by atoms with van der Waals surface area (Å²) in [6.45, 7) is 2.28. The number of nitrogens with one attached hydrogen (secondary N) is 2. The van der Waals surface area contributed by atoms with E-state index in [9.17, 15) is 4.79 Å². The second-order valence-corrected chi connectivity index (χ2v) is 5.52. The van der Waals surface area contributed by atoms with E-state index < -0.39 is 0 Å². The molecular weight excluding hydrogens is 351 g/mol.